The Hall–Kier alpha value is -2.16. The minimum Gasteiger partial charge on any atom is -0.481 e. The third-order valence-electron chi connectivity index (χ3n) is 2.48. The van der Waals surface area contributed by atoms with E-state index in [-0.39, 0.29) is 12.8 Å². The zero-order valence-electron chi connectivity index (χ0n) is 10.2. The molecule has 0 aromatic heterocycles. The lowest BCUT2D eigenvalue weighted by Crippen LogP contribution is -2.44. The van der Waals surface area contributed by atoms with Gasteiger partial charge < -0.3 is 26.4 Å². The highest BCUT2D eigenvalue weighted by molar-refractivity contribution is 5.83. The van der Waals surface area contributed by atoms with Crippen molar-refractivity contribution in [1.82, 2.24) is 5.32 Å². The van der Waals surface area contributed by atoms with Gasteiger partial charge in [0.25, 0.3) is 0 Å². The maximum absolute atomic E-state index is 10.9. The van der Waals surface area contributed by atoms with Crippen molar-refractivity contribution in [3.8, 4) is 0 Å². The van der Waals surface area contributed by atoms with Crippen molar-refractivity contribution in [3.05, 3.63) is 0 Å². The summed E-state index contributed by atoms with van der Waals surface area (Å²) in [6, 6.07) is -2.91. The van der Waals surface area contributed by atoms with Crippen molar-refractivity contribution in [1.29, 1.82) is 0 Å². The molecule has 0 fully saturated rings. The van der Waals surface area contributed by atoms with E-state index in [0.29, 0.717) is 0 Å². The van der Waals surface area contributed by atoms with Crippen LogP contribution in [0.15, 0.2) is 0 Å². The van der Waals surface area contributed by atoms with E-state index < -0.39 is 41.8 Å². The zero-order valence-corrected chi connectivity index (χ0v) is 10.2. The molecule has 9 nitrogen and oxygen atoms in total. The fourth-order valence-corrected chi connectivity index (χ4v) is 1.48. The van der Waals surface area contributed by atoms with Gasteiger partial charge in [0.15, 0.2) is 0 Å². The number of aliphatic carboxylic acids is 3. The third-order valence-corrected chi connectivity index (χ3v) is 2.48. The maximum Gasteiger partial charge on any atom is 0.326 e. The number of carbonyl (C=O) groups is 4. The summed E-state index contributed by atoms with van der Waals surface area (Å²) in [7, 11) is 0. The monoisotopic (exact) mass is 276 g/mol. The summed E-state index contributed by atoms with van der Waals surface area (Å²) in [6.07, 6.45) is -0.507. The molecule has 3 atom stereocenters. The molecule has 9 heteroatoms. The average Bonchev–Trinajstić information content (AvgIpc) is 2.25. The lowest BCUT2D eigenvalue weighted by Gasteiger charge is -2.19. The van der Waals surface area contributed by atoms with Crippen LogP contribution in [0.4, 0.5) is 0 Å². The molecule has 0 aromatic rings. The van der Waals surface area contributed by atoms with E-state index in [1.807, 2.05) is 0 Å². The molecule has 0 saturated carbocycles. The van der Waals surface area contributed by atoms with E-state index >= 15 is 0 Å². The Bertz CT molecular complexity index is 382. The van der Waals surface area contributed by atoms with E-state index in [2.05, 4.69) is 5.32 Å². The summed E-state index contributed by atoms with van der Waals surface area (Å²) >= 11 is 0. The molecule has 108 valence electrons. The Morgan fingerprint density at radius 1 is 1.00 bits per heavy atom. The van der Waals surface area contributed by atoms with Gasteiger partial charge in [-0.1, -0.05) is 0 Å². The fraction of sp³-hybridized carbons (Fsp3) is 0.600. The van der Waals surface area contributed by atoms with Crippen molar-refractivity contribution >= 4 is 23.8 Å². The topological polar surface area (TPSA) is 167 Å². The fourth-order valence-electron chi connectivity index (χ4n) is 1.48. The Labute approximate surface area is 108 Å². The second-order valence-corrected chi connectivity index (χ2v) is 3.98. The van der Waals surface area contributed by atoms with Gasteiger partial charge in [-0.05, 0) is 12.8 Å². The van der Waals surface area contributed by atoms with Gasteiger partial charge in [0, 0.05) is 6.92 Å². The lowest BCUT2D eigenvalue weighted by atomic mass is 9.93. The standard InChI is InChI=1S/C10H16N2O7/c1-4(13)12-6(9(16)17)3-2-5(8(14)15)7(11)10(18)19/h5-7H,2-3,11H2,1H3,(H,12,13)(H,14,15)(H,16,17)(H,18,19)/t5?,6-,7?/m0/s1. The first-order chi connectivity index (χ1) is 8.66. The molecule has 19 heavy (non-hydrogen) atoms. The van der Waals surface area contributed by atoms with Crippen molar-refractivity contribution in [2.45, 2.75) is 31.8 Å². The summed E-state index contributed by atoms with van der Waals surface area (Å²) in [5.74, 6) is -6.25. The Balaban J connectivity index is 4.68. The van der Waals surface area contributed by atoms with Crippen LogP contribution in [0.2, 0.25) is 0 Å². The summed E-state index contributed by atoms with van der Waals surface area (Å²) < 4.78 is 0. The van der Waals surface area contributed by atoms with E-state index in [1.54, 1.807) is 0 Å². The number of carboxylic acid groups (broad SMARTS) is 3. The van der Waals surface area contributed by atoms with Crippen LogP contribution in [0.3, 0.4) is 0 Å². The van der Waals surface area contributed by atoms with Crippen LogP contribution in [-0.4, -0.2) is 51.2 Å². The number of hydrogen-bond donors (Lipinski definition) is 5. The normalized spacial score (nSPS) is 15.1. The molecule has 0 bridgehead atoms. The van der Waals surface area contributed by atoms with E-state index in [0.717, 1.165) is 6.92 Å². The molecular weight excluding hydrogens is 260 g/mol. The molecule has 0 heterocycles. The molecule has 0 radical (unpaired) electrons. The lowest BCUT2D eigenvalue weighted by molar-refractivity contribution is -0.150. The number of rotatable bonds is 8. The van der Waals surface area contributed by atoms with Crippen LogP contribution in [0.1, 0.15) is 19.8 Å². The molecule has 0 aliphatic carbocycles. The van der Waals surface area contributed by atoms with E-state index in [9.17, 15) is 19.2 Å². The predicted molar refractivity (Wildman–Crippen MR) is 61.2 cm³/mol. The molecule has 0 saturated heterocycles. The highest BCUT2D eigenvalue weighted by atomic mass is 16.4. The van der Waals surface area contributed by atoms with Crippen LogP contribution in [-0.2, 0) is 19.2 Å². The third kappa shape index (κ3) is 5.82. The molecular formula is C10H16N2O7. The first-order valence-electron chi connectivity index (χ1n) is 5.38. The first-order valence-corrected chi connectivity index (χ1v) is 5.38. The predicted octanol–water partition coefficient (Wildman–Crippen LogP) is -1.53. The van der Waals surface area contributed by atoms with Crippen molar-refractivity contribution in [2.75, 3.05) is 0 Å². The zero-order chi connectivity index (χ0) is 15.2. The van der Waals surface area contributed by atoms with Crippen LogP contribution in [0.5, 0.6) is 0 Å². The molecule has 0 spiro atoms. The average molecular weight is 276 g/mol. The van der Waals surface area contributed by atoms with E-state index in [1.165, 1.54) is 0 Å². The largest absolute Gasteiger partial charge is 0.481 e. The summed E-state index contributed by atoms with van der Waals surface area (Å²) in [6.45, 7) is 1.12. The van der Waals surface area contributed by atoms with Crippen molar-refractivity contribution in [2.24, 2.45) is 11.7 Å². The quantitative estimate of drug-likeness (QED) is 0.355. The second-order valence-electron chi connectivity index (χ2n) is 3.98. The number of hydrogen-bond acceptors (Lipinski definition) is 5. The summed E-state index contributed by atoms with van der Waals surface area (Å²) in [5, 5.41) is 28.4. The second kappa shape index (κ2) is 7.31. The van der Waals surface area contributed by atoms with Gasteiger partial charge in [-0.2, -0.15) is 0 Å². The van der Waals surface area contributed by atoms with Crippen molar-refractivity contribution < 1.29 is 34.5 Å². The van der Waals surface area contributed by atoms with Crippen LogP contribution in [0, 0.1) is 5.92 Å². The van der Waals surface area contributed by atoms with Gasteiger partial charge in [0.05, 0.1) is 5.92 Å². The van der Waals surface area contributed by atoms with Gasteiger partial charge in [0.2, 0.25) is 5.91 Å². The smallest absolute Gasteiger partial charge is 0.326 e. The Morgan fingerprint density at radius 3 is 1.84 bits per heavy atom. The molecule has 0 aliphatic rings. The van der Waals surface area contributed by atoms with Crippen molar-refractivity contribution in [3.63, 3.8) is 0 Å². The van der Waals surface area contributed by atoms with Gasteiger partial charge in [0.1, 0.15) is 12.1 Å². The SMILES string of the molecule is CC(=O)N[C@@H](CCC(C(=O)O)C(N)C(=O)O)C(=O)O. The molecule has 1 amide bonds. The number of nitrogens with two attached hydrogens (primary N) is 1. The molecule has 6 N–H and O–H groups in total. The molecule has 2 unspecified atom stereocenters. The van der Waals surface area contributed by atoms with Crippen LogP contribution >= 0.6 is 0 Å². The molecule has 0 aliphatic heterocycles. The van der Waals surface area contributed by atoms with Gasteiger partial charge >= 0.3 is 17.9 Å². The minimum absolute atomic E-state index is 0.229. The Kier molecular flexibility index (Phi) is 6.48. The molecule has 0 rings (SSSR count). The van der Waals surface area contributed by atoms with E-state index in [4.69, 9.17) is 21.1 Å². The number of carbonyl (C=O) groups excluding carboxylic acids is 1. The van der Waals surface area contributed by atoms with Crippen LogP contribution < -0.4 is 11.1 Å². The highest BCUT2D eigenvalue weighted by Crippen LogP contribution is 2.13. The molecule has 0 aromatic carbocycles. The maximum atomic E-state index is 10.9. The summed E-state index contributed by atoms with van der Waals surface area (Å²) in [5.41, 5.74) is 5.21. The highest BCUT2D eigenvalue weighted by Gasteiger charge is 2.32. The first kappa shape index (κ1) is 16.8. The number of nitrogens with one attached hydrogen (secondary N) is 1. The minimum atomic E-state index is -1.63. The Morgan fingerprint density at radius 2 is 1.53 bits per heavy atom. The number of carboxylic acids is 3. The van der Waals surface area contributed by atoms with Crippen LogP contribution in [0.25, 0.3) is 0 Å². The van der Waals surface area contributed by atoms with Gasteiger partial charge in [-0.25, -0.2) is 4.79 Å². The van der Waals surface area contributed by atoms with Gasteiger partial charge in [-0.15, -0.1) is 0 Å². The number of amides is 1. The van der Waals surface area contributed by atoms with Gasteiger partial charge in [-0.3, -0.25) is 14.4 Å². The summed E-state index contributed by atoms with van der Waals surface area (Å²) in [4.78, 5) is 43.1.